The largest absolute Gasteiger partial charge is 0.385 e. The Morgan fingerprint density at radius 1 is 1.39 bits per heavy atom. The number of sulfone groups is 1. The van der Waals surface area contributed by atoms with E-state index in [0.717, 1.165) is 6.26 Å². The van der Waals surface area contributed by atoms with Gasteiger partial charge in [-0.05, 0) is 18.6 Å². The second-order valence-corrected chi connectivity index (χ2v) is 8.00. The molecule has 0 aliphatic carbocycles. The number of aliphatic hydroxyl groups excluding tert-OH is 1. The fourth-order valence-electron chi connectivity index (χ4n) is 1.61. The number of halogens is 3. The predicted molar refractivity (Wildman–Crippen MR) is 75.1 cm³/mol. The van der Waals surface area contributed by atoms with Crippen molar-refractivity contribution in [2.75, 3.05) is 6.26 Å². The van der Waals surface area contributed by atoms with Gasteiger partial charge in [-0.3, -0.25) is 0 Å². The normalized spacial score (nSPS) is 17.2. The molecule has 1 rings (SSSR count). The Labute approximate surface area is 122 Å². The maximum Gasteiger partial charge on any atom is 0.175 e. The molecule has 3 nitrogen and oxygen atoms in total. The van der Waals surface area contributed by atoms with Crippen molar-refractivity contribution < 1.29 is 13.5 Å². The Balaban J connectivity index is 3.32. The van der Waals surface area contributed by atoms with Crippen LogP contribution in [-0.2, 0) is 9.84 Å². The molecule has 18 heavy (non-hydrogen) atoms. The van der Waals surface area contributed by atoms with Crippen LogP contribution in [0.5, 0.6) is 0 Å². The van der Waals surface area contributed by atoms with Crippen LogP contribution in [-0.4, -0.2) is 24.0 Å². The Bertz CT molecular complexity index is 544. The molecular formula is C11H13Cl3O3S. The lowest BCUT2D eigenvalue weighted by Gasteiger charge is -2.30. The molecule has 0 unspecified atom stereocenters. The smallest absolute Gasteiger partial charge is 0.175 e. The van der Waals surface area contributed by atoms with E-state index in [4.69, 9.17) is 34.8 Å². The summed E-state index contributed by atoms with van der Waals surface area (Å²) >= 11 is 17.7. The highest BCUT2D eigenvalue weighted by Gasteiger charge is 2.45. The first kappa shape index (κ1) is 16.1. The van der Waals surface area contributed by atoms with Crippen LogP contribution in [0.3, 0.4) is 0 Å². The van der Waals surface area contributed by atoms with E-state index in [-0.39, 0.29) is 17.0 Å². The van der Waals surface area contributed by atoms with Crippen molar-refractivity contribution in [1.82, 2.24) is 0 Å². The topological polar surface area (TPSA) is 54.4 Å². The first-order valence-corrected chi connectivity index (χ1v) is 8.17. The molecule has 0 aliphatic heterocycles. The Kier molecular flexibility index (Phi) is 4.95. The summed E-state index contributed by atoms with van der Waals surface area (Å²) in [7, 11) is -3.66. The van der Waals surface area contributed by atoms with Crippen LogP contribution in [0.1, 0.15) is 25.0 Å². The third-order valence-corrected chi connectivity index (χ3v) is 6.39. The standard InChI is InChI=1S/C11H13Cl3O3S/c1-3-11(14,18(2,16)17)10(15)8-5-4-7(12)6-9(8)13/h4-6,10,15H,3H2,1-2H3/t10-,11-/m0/s1. The van der Waals surface area contributed by atoms with Crippen LogP contribution in [0.25, 0.3) is 0 Å². The van der Waals surface area contributed by atoms with E-state index in [2.05, 4.69) is 0 Å². The molecule has 0 aliphatic rings. The summed E-state index contributed by atoms with van der Waals surface area (Å²) in [5, 5.41) is 10.8. The molecule has 0 bridgehead atoms. The summed E-state index contributed by atoms with van der Waals surface area (Å²) < 4.78 is 21.6. The van der Waals surface area contributed by atoms with E-state index in [0.29, 0.717) is 5.02 Å². The summed E-state index contributed by atoms with van der Waals surface area (Å²) in [6.07, 6.45) is -0.395. The van der Waals surface area contributed by atoms with Gasteiger partial charge in [0.25, 0.3) is 0 Å². The Morgan fingerprint density at radius 2 is 1.94 bits per heavy atom. The Hall–Kier alpha value is -0.000000000000000111. The average Bonchev–Trinajstić information content (AvgIpc) is 2.25. The van der Waals surface area contributed by atoms with E-state index in [1.54, 1.807) is 6.92 Å². The summed E-state index contributed by atoms with van der Waals surface area (Å²) in [6.45, 7) is 1.58. The molecule has 102 valence electrons. The molecule has 0 spiro atoms. The van der Waals surface area contributed by atoms with Crippen LogP contribution in [0.4, 0.5) is 0 Å². The minimum atomic E-state index is -3.66. The highest BCUT2D eigenvalue weighted by Crippen LogP contribution is 2.42. The van der Waals surface area contributed by atoms with Crippen LogP contribution >= 0.6 is 34.8 Å². The highest BCUT2D eigenvalue weighted by atomic mass is 35.5. The number of alkyl halides is 1. The van der Waals surface area contributed by atoms with Gasteiger partial charge in [0.1, 0.15) is 6.10 Å². The number of hydrogen-bond donors (Lipinski definition) is 1. The van der Waals surface area contributed by atoms with E-state index < -0.39 is 20.1 Å². The van der Waals surface area contributed by atoms with Crippen molar-refractivity contribution in [3.63, 3.8) is 0 Å². The summed E-state index contributed by atoms with van der Waals surface area (Å²) in [6, 6.07) is 4.41. The Morgan fingerprint density at radius 3 is 2.33 bits per heavy atom. The lowest BCUT2D eigenvalue weighted by atomic mass is 10.0. The molecule has 1 aromatic carbocycles. The monoisotopic (exact) mass is 330 g/mol. The summed E-state index contributed by atoms with van der Waals surface area (Å²) in [4.78, 5) is 0. The van der Waals surface area contributed by atoms with Gasteiger partial charge in [-0.25, -0.2) is 8.42 Å². The number of rotatable bonds is 4. The molecular weight excluding hydrogens is 319 g/mol. The van der Waals surface area contributed by atoms with Crippen LogP contribution in [0.2, 0.25) is 10.0 Å². The molecule has 0 heterocycles. The van der Waals surface area contributed by atoms with Crippen molar-refractivity contribution in [2.45, 2.75) is 23.7 Å². The predicted octanol–water partition coefficient (Wildman–Crippen LogP) is 3.42. The maximum absolute atomic E-state index is 11.7. The zero-order valence-electron chi connectivity index (χ0n) is 9.82. The third-order valence-electron chi connectivity index (χ3n) is 2.76. The van der Waals surface area contributed by atoms with Gasteiger partial charge in [0, 0.05) is 21.9 Å². The summed E-state index contributed by atoms with van der Waals surface area (Å²) in [5.41, 5.74) is 0.239. The van der Waals surface area contributed by atoms with Gasteiger partial charge in [0.05, 0.1) is 0 Å². The van der Waals surface area contributed by atoms with Crippen LogP contribution in [0.15, 0.2) is 18.2 Å². The summed E-state index contributed by atoms with van der Waals surface area (Å²) in [5.74, 6) is 0. The van der Waals surface area contributed by atoms with Crippen molar-refractivity contribution in [3.8, 4) is 0 Å². The van der Waals surface area contributed by atoms with Crippen molar-refractivity contribution in [3.05, 3.63) is 33.8 Å². The van der Waals surface area contributed by atoms with Crippen molar-refractivity contribution in [1.29, 1.82) is 0 Å². The number of hydrogen-bond acceptors (Lipinski definition) is 3. The van der Waals surface area contributed by atoms with Gasteiger partial charge in [-0.1, -0.05) is 47.8 Å². The molecule has 1 N–H and O–H groups in total. The van der Waals surface area contributed by atoms with Gasteiger partial charge in [0.2, 0.25) is 0 Å². The van der Waals surface area contributed by atoms with Gasteiger partial charge in [0.15, 0.2) is 14.0 Å². The zero-order chi connectivity index (χ0) is 14.1. The van der Waals surface area contributed by atoms with Crippen molar-refractivity contribution >= 4 is 44.6 Å². The molecule has 0 aromatic heterocycles. The molecule has 0 saturated carbocycles. The van der Waals surface area contributed by atoms with Gasteiger partial charge in [-0.2, -0.15) is 0 Å². The van der Waals surface area contributed by atoms with E-state index in [1.807, 2.05) is 0 Å². The zero-order valence-corrected chi connectivity index (χ0v) is 12.9. The molecule has 0 radical (unpaired) electrons. The van der Waals surface area contributed by atoms with Gasteiger partial charge >= 0.3 is 0 Å². The molecule has 2 atom stereocenters. The number of benzene rings is 1. The second kappa shape index (κ2) is 5.55. The molecule has 0 saturated heterocycles. The number of aliphatic hydroxyl groups is 1. The minimum Gasteiger partial charge on any atom is -0.385 e. The van der Waals surface area contributed by atoms with E-state index >= 15 is 0 Å². The quantitative estimate of drug-likeness (QED) is 0.860. The molecule has 7 heteroatoms. The molecule has 1 aromatic rings. The van der Waals surface area contributed by atoms with Crippen LogP contribution in [0, 0.1) is 0 Å². The first-order chi connectivity index (χ1) is 8.13. The fourth-order valence-corrected chi connectivity index (χ4v) is 3.30. The lowest BCUT2D eigenvalue weighted by Crippen LogP contribution is -2.38. The maximum atomic E-state index is 11.7. The van der Waals surface area contributed by atoms with Crippen LogP contribution < -0.4 is 0 Å². The molecule has 0 fully saturated rings. The van der Waals surface area contributed by atoms with Crippen molar-refractivity contribution in [2.24, 2.45) is 0 Å². The molecule has 0 amide bonds. The van der Waals surface area contributed by atoms with Gasteiger partial charge < -0.3 is 5.11 Å². The van der Waals surface area contributed by atoms with E-state index in [1.165, 1.54) is 18.2 Å². The second-order valence-electron chi connectivity index (χ2n) is 3.98. The third kappa shape index (κ3) is 2.94. The fraction of sp³-hybridized carbons (Fsp3) is 0.455. The minimum absolute atomic E-state index is 0.0491. The first-order valence-electron chi connectivity index (χ1n) is 5.15. The van der Waals surface area contributed by atoms with E-state index in [9.17, 15) is 13.5 Å². The highest BCUT2D eigenvalue weighted by molar-refractivity contribution is 7.93. The van der Waals surface area contributed by atoms with Gasteiger partial charge in [-0.15, -0.1) is 0 Å². The SMILES string of the molecule is CC[C@@](Cl)([C@@H](O)c1ccc(Cl)cc1Cl)S(C)(=O)=O. The average molecular weight is 332 g/mol. The lowest BCUT2D eigenvalue weighted by molar-refractivity contribution is 0.155.